The molecule has 0 bridgehead atoms. The number of anilines is 1. The van der Waals surface area contributed by atoms with Crippen molar-refractivity contribution in [3.8, 4) is 0 Å². The Morgan fingerprint density at radius 3 is 2.30 bits per heavy atom. The minimum atomic E-state index is -4.83. The smallest absolute Gasteiger partial charge is 0.435 e. The van der Waals surface area contributed by atoms with Crippen LogP contribution in [0, 0.1) is 6.92 Å². The van der Waals surface area contributed by atoms with E-state index in [1.54, 1.807) is 6.92 Å². The third kappa shape index (κ3) is 5.23. The summed E-state index contributed by atoms with van der Waals surface area (Å²) in [5, 5.41) is 6.15. The first-order chi connectivity index (χ1) is 17.4. The number of alkyl halides is 3. The van der Waals surface area contributed by atoms with Crippen LogP contribution in [-0.2, 0) is 15.2 Å². The zero-order valence-corrected chi connectivity index (χ0v) is 20.7. The minimum absolute atomic E-state index is 0.0261. The highest BCUT2D eigenvalue weighted by atomic mass is 35.5. The lowest BCUT2D eigenvalue weighted by atomic mass is 9.86. The summed E-state index contributed by atoms with van der Waals surface area (Å²) >= 11 is 11.9. The third-order valence-corrected chi connectivity index (χ3v) is 6.04. The van der Waals surface area contributed by atoms with Gasteiger partial charge in [-0.3, -0.25) is 10.1 Å². The van der Waals surface area contributed by atoms with Crippen molar-refractivity contribution in [3.63, 3.8) is 0 Å². The minimum Gasteiger partial charge on any atom is -0.453 e. The van der Waals surface area contributed by atoms with Gasteiger partial charge in [0.1, 0.15) is 0 Å². The van der Waals surface area contributed by atoms with Crippen LogP contribution in [0.3, 0.4) is 0 Å². The lowest BCUT2D eigenvalue weighted by Crippen LogP contribution is -2.42. The van der Waals surface area contributed by atoms with Crippen LogP contribution < -0.4 is 5.32 Å². The Kier molecular flexibility index (Phi) is 7.11. The van der Waals surface area contributed by atoms with Crippen molar-refractivity contribution in [3.05, 3.63) is 86.9 Å². The van der Waals surface area contributed by atoms with Crippen molar-refractivity contribution in [2.75, 3.05) is 12.4 Å². The molecule has 13 heteroatoms. The van der Waals surface area contributed by atoms with Gasteiger partial charge in [0.15, 0.2) is 0 Å². The van der Waals surface area contributed by atoms with Gasteiger partial charge in [-0.15, -0.1) is 0 Å². The summed E-state index contributed by atoms with van der Waals surface area (Å²) in [5.74, 6) is -0.654. The van der Waals surface area contributed by atoms with Crippen molar-refractivity contribution < 1.29 is 32.3 Å². The molecule has 1 amide bonds. The van der Waals surface area contributed by atoms with Gasteiger partial charge in [-0.05, 0) is 48.4 Å². The van der Waals surface area contributed by atoms with Crippen LogP contribution >= 0.6 is 23.2 Å². The van der Waals surface area contributed by atoms with Crippen LogP contribution in [0.2, 0.25) is 10.0 Å². The number of amides is 1. The first-order valence-electron chi connectivity index (χ1n) is 10.5. The normalized spacial score (nSPS) is 17.1. The maximum atomic E-state index is 14.2. The number of hydrogen-bond acceptors (Lipinski definition) is 7. The topological polar surface area (TPSA) is 103 Å². The number of methoxy groups -OCH3 is 1. The molecule has 37 heavy (non-hydrogen) atoms. The SMILES string of the molecule is COC(=O)Nc1cnc(C(=O)c2ccc(C3=NOC(c4cc(Cl)cc(Cl)c4)(C(F)(F)F)C3)cc2C)nc1. The summed E-state index contributed by atoms with van der Waals surface area (Å²) < 4.78 is 47.2. The number of carbonyl (C=O) groups is 2. The number of carbonyl (C=O) groups excluding carboxylic acids is 2. The van der Waals surface area contributed by atoms with Crippen LogP contribution in [0.25, 0.3) is 0 Å². The van der Waals surface area contributed by atoms with Crippen molar-refractivity contribution in [2.45, 2.75) is 25.1 Å². The maximum absolute atomic E-state index is 14.2. The fraction of sp³-hybridized carbons (Fsp3) is 0.208. The Morgan fingerprint density at radius 2 is 1.73 bits per heavy atom. The van der Waals surface area contributed by atoms with E-state index in [1.165, 1.54) is 43.8 Å². The molecule has 1 N–H and O–H groups in total. The lowest BCUT2D eigenvalue weighted by molar-refractivity contribution is -0.275. The van der Waals surface area contributed by atoms with Crippen molar-refractivity contribution in [1.82, 2.24) is 9.97 Å². The van der Waals surface area contributed by atoms with Gasteiger partial charge < -0.3 is 9.57 Å². The molecule has 4 rings (SSSR count). The second-order valence-electron chi connectivity index (χ2n) is 8.06. The molecule has 2 heterocycles. The van der Waals surface area contributed by atoms with Gasteiger partial charge in [-0.25, -0.2) is 14.8 Å². The molecule has 1 aromatic heterocycles. The van der Waals surface area contributed by atoms with E-state index in [4.69, 9.17) is 28.0 Å². The summed E-state index contributed by atoms with van der Waals surface area (Å²) in [6, 6.07) is 8.03. The summed E-state index contributed by atoms with van der Waals surface area (Å²) in [5.41, 5.74) is -1.75. The number of aromatic nitrogens is 2. The van der Waals surface area contributed by atoms with Gasteiger partial charge in [0.25, 0.3) is 5.60 Å². The summed E-state index contributed by atoms with van der Waals surface area (Å²) in [7, 11) is 1.19. The predicted octanol–water partition coefficient (Wildman–Crippen LogP) is 6.08. The number of rotatable bonds is 5. The predicted molar refractivity (Wildman–Crippen MR) is 129 cm³/mol. The number of benzene rings is 2. The zero-order valence-electron chi connectivity index (χ0n) is 19.2. The largest absolute Gasteiger partial charge is 0.453 e. The lowest BCUT2D eigenvalue weighted by Gasteiger charge is -2.29. The molecule has 1 unspecified atom stereocenters. The van der Waals surface area contributed by atoms with Gasteiger partial charge >= 0.3 is 12.3 Å². The number of hydrogen-bond donors (Lipinski definition) is 1. The molecule has 1 atom stereocenters. The van der Waals surface area contributed by atoms with Crippen molar-refractivity contribution in [2.24, 2.45) is 5.16 Å². The van der Waals surface area contributed by atoms with Crippen LogP contribution in [-0.4, -0.2) is 40.8 Å². The first-order valence-corrected chi connectivity index (χ1v) is 11.3. The van der Waals surface area contributed by atoms with Crippen LogP contribution in [0.15, 0.2) is 53.9 Å². The molecule has 0 saturated carbocycles. The number of nitrogens with zero attached hydrogens (tertiary/aromatic N) is 3. The van der Waals surface area contributed by atoms with E-state index >= 15 is 0 Å². The van der Waals surface area contributed by atoms with E-state index in [0.29, 0.717) is 11.1 Å². The maximum Gasteiger partial charge on any atom is 0.435 e. The number of oxime groups is 1. The summed E-state index contributed by atoms with van der Waals surface area (Å²) in [6.45, 7) is 1.62. The third-order valence-electron chi connectivity index (χ3n) is 5.61. The Morgan fingerprint density at radius 1 is 1.08 bits per heavy atom. The molecule has 0 aliphatic carbocycles. The Hall–Kier alpha value is -3.70. The molecule has 3 aromatic rings. The number of ether oxygens (including phenoxy) is 1. The van der Waals surface area contributed by atoms with Gasteiger partial charge in [-0.1, -0.05) is 34.4 Å². The quantitative estimate of drug-likeness (QED) is 0.384. The molecule has 1 aliphatic rings. The van der Waals surface area contributed by atoms with Crippen LogP contribution in [0.1, 0.15) is 39.3 Å². The Labute approximate surface area is 218 Å². The standard InChI is InChI=1S/C24H17Cl2F3N4O4/c1-12-5-13(3-4-18(12)20(34)21-30-10-17(11-31-21)32-22(35)36-2)19-9-23(37-33-19,24(27,28)29)14-6-15(25)8-16(26)7-14/h3-8,10-11H,9H2,1-2H3,(H,32,35). The number of ketones is 1. The van der Waals surface area contributed by atoms with Gasteiger partial charge in [-0.2, -0.15) is 13.2 Å². The average molecular weight is 553 g/mol. The Bertz CT molecular complexity index is 1390. The molecule has 0 spiro atoms. The second-order valence-corrected chi connectivity index (χ2v) is 8.93. The molecule has 1 aliphatic heterocycles. The molecule has 0 saturated heterocycles. The van der Waals surface area contributed by atoms with Crippen molar-refractivity contribution >= 4 is 46.5 Å². The highest BCUT2D eigenvalue weighted by Crippen LogP contribution is 2.49. The van der Waals surface area contributed by atoms with E-state index in [1.807, 2.05) is 0 Å². The number of nitrogens with one attached hydrogen (secondary N) is 1. The molecule has 2 aromatic carbocycles. The first kappa shape index (κ1) is 26.4. The van der Waals surface area contributed by atoms with Gasteiger partial charge in [0.2, 0.25) is 11.6 Å². The highest BCUT2D eigenvalue weighted by molar-refractivity contribution is 6.34. The molecular formula is C24H17Cl2F3N4O4. The summed E-state index contributed by atoms with van der Waals surface area (Å²) in [4.78, 5) is 37.1. The number of aryl methyl sites for hydroxylation is 1. The van der Waals surface area contributed by atoms with Crippen molar-refractivity contribution in [1.29, 1.82) is 0 Å². The molecule has 192 valence electrons. The monoisotopic (exact) mass is 552 g/mol. The zero-order chi connectivity index (χ0) is 27.0. The van der Waals surface area contributed by atoms with E-state index in [-0.39, 0.29) is 38.4 Å². The Balaban J connectivity index is 1.58. The second kappa shape index (κ2) is 9.98. The van der Waals surface area contributed by atoms with E-state index < -0.39 is 30.1 Å². The molecule has 0 radical (unpaired) electrons. The van der Waals surface area contributed by atoms with Gasteiger partial charge in [0, 0.05) is 27.6 Å². The van der Waals surface area contributed by atoms with Gasteiger partial charge in [0.05, 0.1) is 30.9 Å². The van der Waals surface area contributed by atoms with E-state index in [0.717, 1.165) is 12.1 Å². The number of halogens is 5. The van der Waals surface area contributed by atoms with Crippen LogP contribution in [0.5, 0.6) is 0 Å². The fourth-order valence-corrected chi connectivity index (χ4v) is 4.27. The van der Waals surface area contributed by atoms with Crippen LogP contribution in [0.4, 0.5) is 23.7 Å². The fourth-order valence-electron chi connectivity index (χ4n) is 3.74. The molecule has 8 nitrogen and oxygen atoms in total. The highest BCUT2D eigenvalue weighted by Gasteiger charge is 2.62. The molecule has 0 fully saturated rings. The summed E-state index contributed by atoms with van der Waals surface area (Å²) in [6.07, 6.45) is -3.70. The molecular weight excluding hydrogens is 536 g/mol. The van der Waals surface area contributed by atoms with E-state index in [9.17, 15) is 22.8 Å². The average Bonchev–Trinajstić information content (AvgIpc) is 3.31. The van der Waals surface area contributed by atoms with E-state index in [2.05, 4.69) is 25.2 Å².